The molecule has 35 heavy (non-hydrogen) atoms. The van der Waals surface area contributed by atoms with Crippen molar-refractivity contribution in [2.75, 3.05) is 6.61 Å². The van der Waals surface area contributed by atoms with Gasteiger partial charge >= 0.3 is 5.97 Å². The summed E-state index contributed by atoms with van der Waals surface area (Å²) in [6.45, 7) is 7.47. The molecule has 1 aromatic carbocycles. The van der Waals surface area contributed by atoms with Gasteiger partial charge in [-0.2, -0.15) is 4.99 Å². The number of aryl methyl sites for hydroxylation is 2. The molecule has 0 unspecified atom stereocenters. The normalized spacial score (nSPS) is 12.3. The molecule has 3 aromatic heterocycles. The maximum atomic E-state index is 13.4. The second-order valence-corrected chi connectivity index (χ2v) is 9.24. The van der Waals surface area contributed by atoms with E-state index in [4.69, 9.17) is 9.72 Å². The van der Waals surface area contributed by atoms with Crippen molar-refractivity contribution in [2.24, 2.45) is 10.4 Å². The predicted molar refractivity (Wildman–Crippen MR) is 133 cm³/mol. The lowest BCUT2D eigenvalue weighted by molar-refractivity contribution is -0.125. The van der Waals surface area contributed by atoms with Crippen molar-refractivity contribution >= 4 is 28.6 Å². The molecule has 0 fully saturated rings. The fourth-order valence-corrected chi connectivity index (χ4v) is 3.72. The Bertz CT molecular complexity index is 1540. The second-order valence-electron chi connectivity index (χ2n) is 9.24. The number of rotatable bonds is 5. The number of amides is 1. The SMILES string of the molecule is CCOC(=O)c1cc2c(=O)n3ccccc3nc2n(CCc2ccccc2)c1=NC(=O)C(C)(C)C. The van der Waals surface area contributed by atoms with Crippen LogP contribution in [0.5, 0.6) is 0 Å². The molecule has 0 aliphatic rings. The van der Waals surface area contributed by atoms with Crippen LogP contribution in [-0.4, -0.2) is 32.4 Å². The van der Waals surface area contributed by atoms with Gasteiger partial charge in [-0.15, -0.1) is 0 Å². The molecule has 0 N–H and O–H groups in total. The van der Waals surface area contributed by atoms with Crippen LogP contribution in [-0.2, 0) is 22.5 Å². The largest absolute Gasteiger partial charge is 0.462 e. The van der Waals surface area contributed by atoms with E-state index in [2.05, 4.69) is 4.99 Å². The average Bonchev–Trinajstić information content (AvgIpc) is 2.83. The van der Waals surface area contributed by atoms with E-state index < -0.39 is 17.3 Å². The van der Waals surface area contributed by atoms with Crippen LogP contribution < -0.4 is 11.0 Å². The van der Waals surface area contributed by atoms with Gasteiger partial charge in [0.2, 0.25) is 0 Å². The third-order valence-corrected chi connectivity index (χ3v) is 5.60. The maximum absolute atomic E-state index is 13.4. The van der Waals surface area contributed by atoms with Gasteiger partial charge in [-0.1, -0.05) is 57.2 Å². The summed E-state index contributed by atoms with van der Waals surface area (Å²) in [7, 11) is 0. The van der Waals surface area contributed by atoms with Gasteiger partial charge < -0.3 is 9.30 Å². The average molecular weight is 473 g/mol. The van der Waals surface area contributed by atoms with Crippen LogP contribution in [0.4, 0.5) is 0 Å². The number of esters is 1. The molecule has 0 atom stereocenters. The summed E-state index contributed by atoms with van der Waals surface area (Å²) < 4.78 is 8.39. The first-order valence-corrected chi connectivity index (χ1v) is 11.6. The molecule has 0 saturated heterocycles. The van der Waals surface area contributed by atoms with Crippen LogP contribution in [0.3, 0.4) is 0 Å². The van der Waals surface area contributed by atoms with Crippen molar-refractivity contribution in [2.45, 2.75) is 40.7 Å². The lowest BCUT2D eigenvalue weighted by atomic mass is 9.96. The molecule has 0 aliphatic carbocycles. The molecule has 1 amide bonds. The molecular formula is C27H28N4O4. The number of ether oxygens (including phenoxy) is 1. The Morgan fingerprint density at radius 1 is 1.06 bits per heavy atom. The van der Waals surface area contributed by atoms with Crippen molar-refractivity contribution in [1.82, 2.24) is 14.0 Å². The molecule has 4 aromatic rings. The van der Waals surface area contributed by atoms with Crippen molar-refractivity contribution in [3.05, 3.63) is 87.8 Å². The van der Waals surface area contributed by atoms with E-state index in [0.717, 1.165) is 5.56 Å². The lowest BCUT2D eigenvalue weighted by Crippen LogP contribution is -2.34. The zero-order chi connectivity index (χ0) is 25.2. The summed E-state index contributed by atoms with van der Waals surface area (Å²) in [5.74, 6) is -1.05. The minimum Gasteiger partial charge on any atom is -0.462 e. The van der Waals surface area contributed by atoms with Crippen LogP contribution in [0, 0.1) is 5.41 Å². The standard InChI is InChI=1S/C27H28N4O4/c1-5-35-25(33)20-17-19-22(28-21-13-9-10-15-30(21)24(19)32)31(16-14-18-11-7-6-8-12-18)23(20)29-26(34)27(2,3)4/h6-13,15,17H,5,14,16H2,1-4H3. The van der Waals surface area contributed by atoms with E-state index in [1.807, 2.05) is 30.3 Å². The van der Waals surface area contributed by atoms with Crippen molar-refractivity contribution in [3.63, 3.8) is 0 Å². The summed E-state index contributed by atoms with van der Waals surface area (Å²) in [5, 5.41) is 0.243. The molecule has 8 heteroatoms. The van der Waals surface area contributed by atoms with E-state index in [0.29, 0.717) is 24.3 Å². The minimum atomic E-state index is -0.769. The first-order chi connectivity index (χ1) is 16.7. The molecule has 0 bridgehead atoms. The fourth-order valence-electron chi connectivity index (χ4n) is 3.72. The van der Waals surface area contributed by atoms with E-state index in [9.17, 15) is 14.4 Å². The monoisotopic (exact) mass is 472 g/mol. The smallest absolute Gasteiger partial charge is 0.341 e. The number of benzene rings is 1. The van der Waals surface area contributed by atoms with Gasteiger partial charge in [-0.3, -0.25) is 14.0 Å². The van der Waals surface area contributed by atoms with Crippen LogP contribution in [0.15, 0.2) is 70.6 Å². The maximum Gasteiger partial charge on any atom is 0.341 e. The van der Waals surface area contributed by atoms with Gasteiger partial charge in [0.25, 0.3) is 11.5 Å². The van der Waals surface area contributed by atoms with Crippen molar-refractivity contribution in [1.29, 1.82) is 0 Å². The molecule has 0 spiro atoms. The highest BCUT2D eigenvalue weighted by atomic mass is 16.5. The summed E-state index contributed by atoms with van der Waals surface area (Å²) in [4.78, 5) is 48.5. The summed E-state index contributed by atoms with van der Waals surface area (Å²) in [5.41, 5.74) is 0.965. The van der Waals surface area contributed by atoms with Gasteiger partial charge in [0.05, 0.1) is 12.0 Å². The number of aromatic nitrogens is 3. The zero-order valence-electron chi connectivity index (χ0n) is 20.3. The number of carbonyl (C=O) groups excluding carboxylic acids is 2. The third-order valence-electron chi connectivity index (χ3n) is 5.60. The molecular weight excluding hydrogens is 444 g/mol. The van der Waals surface area contributed by atoms with E-state index in [1.54, 1.807) is 56.7 Å². The van der Waals surface area contributed by atoms with Crippen LogP contribution in [0.1, 0.15) is 43.6 Å². The van der Waals surface area contributed by atoms with E-state index in [1.165, 1.54) is 10.5 Å². The Morgan fingerprint density at radius 2 is 1.77 bits per heavy atom. The number of pyridine rings is 2. The van der Waals surface area contributed by atoms with E-state index >= 15 is 0 Å². The van der Waals surface area contributed by atoms with Gasteiger partial charge in [-0.25, -0.2) is 9.78 Å². The van der Waals surface area contributed by atoms with Gasteiger partial charge in [0.15, 0.2) is 5.49 Å². The fraction of sp³-hybridized carbons (Fsp3) is 0.296. The number of fused-ring (bicyclic) bond motifs is 2. The Labute approximate surface area is 202 Å². The predicted octanol–water partition coefficient (Wildman–Crippen LogP) is 3.54. The molecule has 8 nitrogen and oxygen atoms in total. The van der Waals surface area contributed by atoms with Crippen LogP contribution in [0.2, 0.25) is 0 Å². The highest BCUT2D eigenvalue weighted by molar-refractivity contribution is 5.94. The molecule has 0 aliphatic heterocycles. The third kappa shape index (κ3) is 4.91. The molecule has 0 radical (unpaired) electrons. The summed E-state index contributed by atoms with van der Waals surface area (Å²) in [6.07, 6.45) is 2.21. The lowest BCUT2D eigenvalue weighted by Gasteiger charge is -2.17. The Kier molecular flexibility index (Phi) is 6.64. The Morgan fingerprint density at radius 3 is 2.46 bits per heavy atom. The van der Waals surface area contributed by atoms with E-state index in [-0.39, 0.29) is 28.6 Å². The highest BCUT2D eigenvalue weighted by Crippen LogP contribution is 2.16. The zero-order valence-corrected chi connectivity index (χ0v) is 20.3. The van der Waals surface area contributed by atoms with Crippen LogP contribution in [0.25, 0.3) is 16.7 Å². The second kappa shape index (κ2) is 9.66. The number of nitrogens with zero attached hydrogens (tertiary/aromatic N) is 4. The Hall–Kier alpha value is -4.07. The Balaban J connectivity index is 2.10. The highest BCUT2D eigenvalue weighted by Gasteiger charge is 2.24. The van der Waals surface area contributed by atoms with Gasteiger partial charge in [-0.05, 0) is 37.1 Å². The molecule has 180 valence electrons. The van der Waals surface area contributed by atoms with Crippen molar-refractivity contribution < 1.29 is 14.3 Å². The quantitative estimate of drug-likeness (QED) is 0.327. The number of hydrogen-bond donors (Lipinski definition) is 0. The first-order valence-electron chi connectivity index (χ1n) is 11.6. The van der Waals surface area contributed by atoms with Gasteiger partial charge in [0, 0.05) is 18.2 Å². The molecule has 0 saturated carbocycles. The summed E-state index contributed by atoms with van der Waals surface area (Å²) in [6, 6.07) is 16.5. The summed E-state index contributed by atoms with van der Waals surface area (Å²) >= 11 is 0. The van der Waals surface area contributed by atoms with Crippen molar-refractivity contribution in [3.8, 4) is 0 Å². The number of carbonyl (C=O) groups is 2. The minimum absolute atomic E-state index is 0.0554. The molecule has 3 heterocycles. The van der Waals surface area contributed by atoms with Crippen LogP contribution >= 0.6 is 0 Å². The first kappa shape index (κ1) is 24.1. The topological polar surface area (TPSA) is 95.0 Å². The molecule has 4 rings (SSSR count). The van der Waals surface area contributed by atoms with Gasteiger partial charge in [0.1, 0.15) is 16.9 Å². The number of hydrogen-bond acceptors (Lipinski definition) is 5.